The Labute approximate surface area is 76.5 Å². The Bertz CT molecular complexity index is 262. The Morgan fingerprint density at radius 3 is 2.58 bits per heavy atom. The third-order valence-electron chi connectivity index (χ3n) is 2.52. The summed E-state index contributed by atoms with van der Waals surface area (Å²) >= 11 is 5.28. The SMILES string of the molecule is CC1(C)C(C=C=CCl)C1C(=O)O. The van der Waals surface area contributed by atoms with Gasteiger partial charge < -0.3 is 5.11 Å². The van der Waals surface area contributed by atoms with Crippen molar-refractivity contribution in [1.82, 2.24) is 0 Å². The molecule has 1 fully saturated rings. The van der Waals surface area contributed by atoms with Crippen LogP contribution in [0, 0.1) is 17.3 Å². The van der Waals surface area contributed by atoms with Crippen LogP contribution in [0.5, 0.6) is 0 Å². The molecule has 0 heterocycles. The Hall–Kier alpha value is -0.720. The molecular formula is C9H11ClO2. The highest BCUT2D eigenvalue weighted by Crippen LogP contribution is 2.58. The molecular weight excluding hydrogens is 176 g/mol. The van der Waals surface area contributed by atoms with Gasteiger partial charge in [0, 0.05) is 11.5 Å². The van der Waals surface area contributed by atoms with Crippen molar-refractivity contribution in [3.8, 4) is 0 Å². The minimum absolute atomic E-state index is 0.0741. The molecule has 0 saturated heterocycles. The molecule has 1 aliphatic rings. The highest BCUT2D eigenvalue weighted by Gasteiger charge is 2.60. The molecule has 0 aliphatic heterocycles. The number of hydrogen-bond acceptors (Lipinski definition) is 1. The summed E-state index contributed by atoms with van der Waals surface area (Å²) in [5, 5.41) is 8.77. The van der Waals surface area contributed by atoms with E-state index in [1.54, 1.807) is 6.08 Å². The van der Waals surface area contributed by atoms with E-state index in [0.717, 1.165) is 0 Å². The fourth-order valence-electron chi connectivity index (χ4n) is 1.60. The topological polar surface area (TPSA) is 37.3 Å². The summed E-state index contributed by atoms with van der Waals surface area (Å²) in [4.78, 5) is 10.7. The molecule has 2 unspecified atom stereocenters. The van der Waals surface area contributed by atoms with Crippen molar-refractivity contribution in [1.29, 1.82) is 0 Å². The molecule has 1 aliphatic carbocycles. The van der Waals surface area contributed by atoms with Crippen LogP contribution in [0.2, 0.25) is 0 Å². The number of carboxylic acids is 1. The van der Waals surface area contributed by atoms with Gasteiger partial charge in [-0.25, -0.2) is 0 Å². The summed E-state index contributed by atoms with van der Waals surface area (Å²) in [6.07, 6.45) is 1.73. The molecule has 2 nitrogen and oxygen atoms in total. The van der Waals surface area contributed by atoms with Crippen LogP contribution in [0.25, 0.3) is 0 Å². The van der Waals surface area contributed by atoms with E-state index in [-0.39, 0.29) is 17.3 Å². The van der Waals surface area contributed by atoms with Crippen molar-refractivity contribution in [2.75, 3.05) is 0 Å². The van der Waals surface area contributed by atoms with Crippen LogP contribution < -0.4 is 0 Å². The van der Waals surface area contributed by atoms with Crippen molar-refractivity contribution in [2.45, 2.75) is 13.8 Å². The molecule has 0 amide bonds. The highest BCUT2D eigenvalue weighted by atomic mass is 35.5. The molecule has 12 heavy (non-hydrogen) atoms. The second kappa shape index (κ2) is 2.96. The van der Waals surface area contributed by atoms with Crippen LogP contribution in [-0.2, 0) is 4.79 Å². The van der Waals surface area contributed by atoms with E-state index < -0.39 is 5.97 Å². The van der Waals surface area contributed by atoms with Gasteiger partial charge in [0.2, 0.25) is 0 Å². The maximum atomic E-state index is 10.7. The van der Waals surface area contributed by atoms with E-state index >= 15 is 0 Å². The van der Waals surface area contributed by atoms with Crippen LogP contribution in [0.1, 0.15) is 13.8 Å². The van der Waals surface area contributed by atoms with Crippen LogP contribution in [0.4, 0.5) is 0 Å². The number of hydrogen-bond donors (Lipinski definition) is 1. The first-order chi connectivity index (χ1) is 5.51. The fourth-order valence-corrected chi connectivity index (χ4v) is 1.67. The van der Waals surface area contributed by atoms with E-state index in [4.69, 9.17) is 16.7 Å². The second-order valence-corrected chi connectivity index (χ2v) is 3.82. The zero-order valence-corrected chi connectivity index (χ0v) is 7.80. The van der Waals surface area contributed by atoms with E-state index in [2.05, 4.69) is 5.73 Å². The molecule has 0 aromatic carbocycles. The Kier molecular flexibility index (Phi) is 2.31. The third kappa shape index (κ3) is 1.40. The summed E-state index contributed by atoms with van der Waals surface area (Å²) in [5.74, 6) is -0.941. The van der Waals surface area contributed by atoms with Crippen molar-refractivity contribution >= 4 is 17.6 Å². The van der Waals surface area contributed by atoms with Gasteiger partial charge in [-0.3, -0.25) is 4.79 Å². The molecule has 0 spiro atoms. The van der Waals surface area contributed by atoms with Gasteiger partial charge in [0.25, 0.3) is 0 Å². The Balaban J connectivity index is 2.73. The quantitative estimate of drug-likeness (QED) is 0.672. The lowest BCUT2D eigenvalue weighted by Gasteiger charge is -1.95. The van der Waals surface area contributed by atoms with Gasteiger partial charge in [-0.1, -0.05) is 25.4 Å². The Morgan fingerprint density at radius 1 is 1.67 bits per heavy atom. The van der Waals surface area contributed by atoms with Crippen molar-refractivity contribution in [3.63, 3.8) is 0 Å². The summed E-state index contributed by atoms with van der Waals surface area (Å²) in [5.41, 5.74) is 3.83. The molecule has 1 saturated carbocycles. The lowest BCUT2D eigenvalue weighted by Crippen LogP contribution is -2.02. The zero-order valence-electron chi connectivity index (χ0n) is 7.04. The molecule has 0 aromatic rings. The number of carbonyl (C=O) groups is 1. The third-order valence-corrected chi connectivity index (χ3v) is 2.64. The number of rotatable bonds is 2. The highest BCUT2D eigenvalue weighted by molar-refractivity contribution is 6.25. The maximum absolute atomic E-state index is 10.7. The first-order valence-electron chi connectivity index (χ1n) is 3.76. The van der Waals surface area contributed by atoms with E-state index in [1.165, 1.54) is 5.54 Å². The molecule has 66 valence electrons. The summed E-state index contributed by atoms with van der Waals surface area (Å²) in [7, 11) is 0. The van der Waals surface area contributed by atoms with Crippen molar-refractivity contribution in [3.05, 3.63) is 17.3 Å². The lowest BCUT2D eigenvalue weighted by molar-refractivity contribution is -0.139. The first-order valence-corrected chi connectivity index (χ1v) is 4.19. The molecule has 0 radical (unpaired) electrons. The predicted molar refractivity (Wildman–Crippen MR) is 46.9 cm³/mol. The average Bonchev–Trinajstić information content (AvgIpc) is 2.49. The number of aliphatic carboxylic acids is 1. The van der Waals surface area contributed by atoms with Crippen molar-refractivity contribution in [2.24, 2.45) is 17.3 Å². The standard InChI is InChI=1S/C9H11ClO2/c1-9(2)6(4-3-5-10)7(9)8(11)12/h4-7H,1-2H3,(H,11,12). The number of halogens is 1. The van der Waals surface area contributed by atoms with E-state index in [0.29, 0.717) is 0 Å². The normalized spacial score (nSPS) is 30.2. The van der Waals surface area contributed by atoms with Crippen LogP contribution in [0.15, 0.2) is 17.3 Å². The summed E-state index contributed by atoms with van der Waals surface area (Å²) in [6.45, 7) is 3.87. The van der Waals surface area contributed by atoms with Gasteiger partial charge in [-0.05, 0) is 11.5 Å². The van der Waals surface area contributed by atoms with Gasteiger partial charge in [0.15, 0.2) is 0 Å². The predicted octanol–water partition coefficient (Wildman–Crippen LogP) is 2.25. The summed E-state index contributed by atoms with van der Waals surface area (Å²) in [6, 6.07) is 0. The van der Waals surface area contributed by atoms with Gasteiger partial charge >= 0.3 is 5.97 Å². The molecule has 1 N–H and O–H groups in total. The minimum atomic E-state index is -0.738. The van der Waals surface area contributed by atoms with Crippen LogP contribution in [-0.4, -0.2) is 11.1 Å². The Morgan fingerprint density at radius 2 is 2.25 bits per heavy atom. The minimum Gasteiger partial charge on any atom is -0.481 e. The average molecular weight is 187 g/mol. The second-order valence-electron chi connectivity index (χ2n) is 3.61. The molecule has 0 aromatic heterocycles. The van der Waals surface area contributed by atoms with Gasteiger partial charge in [-0.15, -0.1) is 5.73 Å². The van der Waals surface area contributed by atoms with Gasteiger partial charge in [0.05, 0.1) is 5.92 Å². The zero-order chi connectivity index (χ0) is 9.35. The van der Waals surface area contributed by atoms with Gasteiger partial charge in [0.1, 0.15) is 0 Å². The first kappa shape index (κ1) is 9.37. The molecule has 2 atom stereocenters. The van der Waals surface area contributed by atoms with Gasteiger partial charge in [-0.2, -0.15) is 0 Å². The largest absolute Gasteiger partial charge is 0.481 e. The van der Waals surface area contributed by atoms with E-state index in [1.807, 2.05) is 13.8 Å². The van der Waals surface area contributed by atoms with Crippen LogP contribution >= 0.6 is 11.6 Å². The fraction of sp³-hybridized carbons (Fsp3) is 0.556. The molecule has 1 rings (SSSR count). The summed E-state index contributed by atoms with van der Waals surface area (Å²) < 4.78 is 0. The number of carboxylic acid groups (broad SMARTS) is 1. The maximum Gasteiger partial charge on any atom is 0.307 e. The molecule has 0 bridgehead atoms. The lowest BCUT2D eigenvalue weighted by atomic mass is 10.1. The monoisotopic (exact) mass is 186 g/mol. The van der Waals surface area contributed by atoms with Crippen molar-refractivity contribution < 1.29 is 9.90 Å². The molecule has 3 heteroatoms. The van der Waals surface area contributed by atoms with Crippen LogP contribution in [0.3, 0.4) is 0 Å². The number of allylic oxidation sites excluding steroid dienone is 1. The smallest absolute Gasteiger partial charge is 0.307 e. The van der Waals surface area contributed by atoms with E-state index in [9.17, 15) is 4.79 Å².